The zero-order valence-corrected chi connectivity index (χ0v) is 11.2. The predicted molar refractivity (Wildman–Crippen MR) is 56.3 cm³/mol. The summed E-state index contributed by atoms with van der Waals surface area (Å²) in [5.41, 5.74) is 13.5. The van der Waals surface area contributed by atoms with Crippen molar-refractivity contribution in [2.75, 3.05) is 20.2 Å². The molecule has 0 aliphatic rings. The van der Waals surface area contributed by atoms with Crippen molar-refractivity contribution in [3.63, 3.8) is 0 Å². The maximum atomic E-state index is 7.13. The minimum Gasteiger partial charge on any atom is -0.677 e. The third-order valence-electron chi connectivity index (χ3n) is 0.986. The molecule has 0 spiro atoms. The molecule has 4 nitrogen and oxygen atoms in total. The van der Waals surface area contributed by atoms with E-state index in [1.165, 1.54) is 7.11 Å². The van der Waals surface area contributed by atoms with Gasteiger partial charge in [0.2, 0.25) is 0 Å². The summed E-state index contributed by atoms with van der Waals surface area (Å²) in [7, 11) is 9.65. The van der Waals surface area contributed by atoms with Crippen molar-refractivity contribution in [2.24, 2.45) is 0 Å². The van der Waals surface area contributed by atoms with E-state index in [2.05, 4.69) is 50.4 Å². The van der Waals surface area contributed by atoms with Crippen molar-refractivity contribution < 1.29 is 40.4 Å². The molecule has 0 saturated carbocycles. The quantitative estimate of drug-likeness (QED) is 0.546. The number of halogens is 2. The predicted octanol–water partition coefficient (Wildman–Crippen LogP) is 1.68. The molecule has 98 valence electrons. The SMILES string of the molecule is C[OH2+].[Cl][Cu+].[Cl][Cu+].[NH-]CCC([OH2+])CC[NH-]. The summed E-state index contributed by atoms with van der Waals surface area (Å²) in [6, 6.07) is 0. The standard InChI is InChI=1S/C5H12N2O.CH4O.2ClH.2Cu/c6-3-1-5(8)2-4-7;1-2;;;;/h5-8H,1-4H2;2H,1H3;2*1H;;/q-2;;;;2*+2. The molecule has 0 heterocycles. The molecule has 0 amide bonds. The van der Waals surface area contributed by atoms with Crippen LogP contribution in [-0.2, 0) is 30.2 Å². The molecule has 0 unspecified atom stereocenters. The van der Waals surface area contributed by atoms with Crippen LogP contribution in [-0.4, -0.2) is 36.5 Å². The van der Waals surface area contributed by atoms with Gasteiger partial charge in [-0.3, -0.25) is 0 Å². The van der Waals surface area contributed by atoms with Gasteiger partial charge in [-0.25, -0.2) is 0 Å². The zero-order chi connectivity index (χ0) is 12.4. The summed E-state index contributed by atoms with van der Waals surface area (Å²) in [6.07, 6.45) is 1.09. The van der Waals surface area contributed by atoms with Crippen LogP contribution in [0.5, 0.6) is 0 Å². The molecule has 8 heteroatoms. The van der Waals surface area contributed by atoms with Crippen LogP contribution >= 0.6 is 20.2 Å². The van der Waals surface area contributed by atoms with Gasteiger partial charge in [-0.05, 0) is 12.8 Å². The molecule has 0 atom stereocenters. The summed E-state index contributed by atoms with van der Waals surface area (Å²) < 4.78 is 0. The Balaban J connectivity index is -0.0000000708. The summed E-state index contributed by atoms with van der Waals surface area (Å²) in [5, 5.41) is 12.9. The first-order valence-electron chi connectivity index (χ1n) is 3.54. The minimum absolute atomic E-state index is 0.162. The van der Waals surface area contributed by atoms with Gasteiger partial charge in [0.15, 0.2) is 0 Å². The van der Waals surface area contributed by atoms with Crippen LogP contribution in [0.25, 0.3) is 11.5 Å². The van der Waals surface area contributed by atoms with Crippen LogP contribution < -0.4 is 0 Å². The molecule has 0 aromatic rings. The minimum atomic E-state index is -0.162. The Labute approximate surface area is 111 Å². The van der Waals surface area contributed by atoms with E-state index in [4.69, 9.17) is 21.7 Å². The molecule has 0 aliphatic heterocycles. The van der Waals surface area contributed by atoms with E-state index < -0.39 is 0 Å². The molecule has 0 radical (unpaired) electrons. The van der Waals surface area contributed by atoms with Gasteiger partial charge in [0.1, 0.15) is 13.2 Å². The Morgan fingerprint density at radius 1 is 1.00 bits per heavy atom. The summed E-state index contributed by atoms with van der Waals surface area (Å²) in [4.78, 5) is 0. The number of nitrogens with one attached hydrogen (secondary N) is 2. The molecular formula is C6H18Cl2Cu2N2O2+2. The third-order valence-corrected chi connectivity index (χ3v) is 0.986. The first-order chi connectivity index (χ1) is 6.81. The van der Waals surface area contributed by atoms with Crippen molar-refractivity contribution in [3.8, 4) is 0 Å². The molecule has 6 N–H and O–H groups in total. The fourth-order valence-electron chi connectivity index (χ4n) is 0.493. The van der Waals surface area contributed by atoms with E-state index in [0.29, 0.717) is 25.9 Å². The van der Waals surface area contributed by atoms with Crippen LogP contribution in [0.1, 0.15) is 12.8 Å². The Morgan fingerprint density at radius 3 is 1.36 bits per heavy atom. The molecule has 0 bridgehead atoms. The first-order valence-corrected chi connectivity index (χ1v) is 6.13. The van der Waals surface area contributed by atoms with Gasteiger partial charge in [-0.1, -0.05) is 0 Å². The Hall–Kier alpha value is 1.46. The maximum Gasteiger partial charge on any atom is 0.150 e. The third kappa shape index (κ3) is 37.6. The Kier molecular flexibility index (Phi) is 64.4. The summed E-state index contributed by atoms with van der Waals surface area (Å²) in [6.45, 7) is 0.655. The van der Waals surface area contributed by atoms with Crippen LogP contribution in [0.3, 0.4) is 0 Å². The molecule has 0 aromatic carbocycles. The normalized spacial score (nSPS) is 7.43. The fourth-order valence-corrected chi connectivity index (χ4v) is 0.493. The van der Waals surface area contributed by atoms with Gasteiger partial charge >= 0.3 is 50.4 Å². The average Bonchev–Trinajstić information content (AvgIpc) is 2.27. The van der Waals surface area contributed by atoms with Crippen molar-refractivity contribution in [2.45, 2.75) is 18.9 Å². The second-order valence-corrected chi connectivity index (χ2v) is 1.77. The van der Waals surface area contributed by atoms with E-state index in [9.17, 15) is 0 Å². The molecule has 14 heavy (non-hydrogen) atoms. The largest absolute Gasteiger partial charge is 0.677 e. The second-order valence-electron chi connectivity index (χ2n) is 1.77. The van der Waals surface area contributed by atoms with Gasteiger partial charge in [0.05, 0.1) is 0 Å². The van der Waals surface area contributed by atoms with E-state index >= 15 is 0 Å². The van der Waals surface area contributed by atoms with Crippen molar-refractivity contribution in [1.82, 2.24) is 0 Å². The number of rotatable bonds is 4. The van der Waals surface area contributed by atoms with Crippen molar-refractivity contribution in [1.29, 1.82) is 0 Å². The second kappa shape index (κ2) is 36.6. The van der Waals surface area contributed by atoms with Crippen LogP contribution in [0, 0.1) is 0 Å². The summed E-state index contributed by atoms with van der Waals surface area (Å²) in [5.74, 6) is 0. The topological polar surface area (TPSA) is 93.4 Å². The van der Waals surface area contributed by atoms with E-state index in [1.54, 1.807) is 0 Å². The van der Waals surface area contributed by atoms with Gasteiger partial charge in [0.25, 0.3) is 0 Å². The van der Waals surface area contributed by atoms with E-state index in [0.717, 1.165) is 0 Å². The molecule has 0 rings (SSSR count). The molecular weight excluding hydrogens is 330 g/mol. The van der Waals surface area contributed by atoms with E-state index in [-0.39, 0.29) is 6.10 Å². The smallest absolute Gasteiger partial charge is 0.150 e. The van der Waals surface area contributed by atoms with Crippen LogP contribution in [0.15, 0.2) is 0 Å². The Bertz CT molecular complexity index is 63.1. The van der Waals surface area contributed by atoms with Crippen molar-refractivity contribution >= 4 is 20.2 Å². The van der Waals surface area contributed by atoms with Gasteiger partial charge in [-0.15, -0.1) is 13.1 Å². The zero-order valence-electron chi connectivity index (χ0n) is 7.76. The monoisotopic (exact) mass is 346 g/mol. The molecule has 0 fully saturated rings. The Morgan fingerprint density at radius 2 is 1.21 bits per heavy atom. The molecule has 0 aromatic heterocycles. The maximum absolute atomic E-state index is 7.13. The average molecular weight is 348 g/mol. The fraction of sp³-hybridized carbons (Fsp3) is 1.00. The number of hydrogen-bond donors (Lipinski definition) is 0. The first kappa shape index (κ1) is 24.6. The van der Waals surface area contributed by atoms with Gasteiger partial charge in [-0.2, -0.15) is 0 Å². The van der Waals surface area contributed by atoms with E-state index in [1.807, 2.05) is 0 Å². The van der Waals surface area contributed by atoms with Gasteiger partial charge in [0, 0.05) is 0 Å². The van der Waals surface area contributed by atoms with Crippen molar-refractivity contribution in [3.05, 3.63) is 11.5 Å². The van der Waals surface area contributed by atoms with Crippen LogP contribution in [0.2, 0.25) is 0 Å². The van der Waals surface area contributed by atoms with Crippen LogP contribution in [0.4, 0.5) is 0 Å². The molecule has 0 saturated heterocycles. The number of hydrogen-bond acceptors (Lipinski definition) is 0. The molecule has 0 aliphatic carbocycles. The summed E-state index contributed by atoms with van der Waals surface area (Å²) >= 11 is 7.32. The van der Waals surface area contributed by atoms with Gasteiger partial charge < -0.3 is 21.7 Å².